The molecule has 0 aliphatic heterocycles. The Labute approximate surface area is 115 Å². The van der Waals surface area contributed by atoms with Gasteiger partial charge in [-0.3, -0.25) is 9.89 Å². The molecule has 0 radical (unpaired) electrons. The summed E-state index contributed by atoms with van der Waals surface area (Å²) in [4.78, 5) is 12.0. The highest BCUT2D eigenvalue weighted by Crippen LogP contribution is 2.20. The molecular formula is C13H17N3O2S. The van der Waals surface area contributed by atoms with Crippen molar-refractivity contribution < 1.29 is 9.90 Å². The molecule has 0 aliphatic rings. The third-order valence-corrected chi connectivity index (χ3v) is 3.64. The van der Waals surface area contributed by atoms with E-state index in [0.717, 1.165) is 11.3 Å². The van der Waals surface area contributed by atoms with Gasteiger partial charge in [-0.15, -0.1) is 0 Å². The minimum atomic E-state index is -0.250. The third-order valence-electron chi connectivity index (χ3n) is 2.96. The molecule has 6 heteroatoms. The summed E-state index contributed by atoms with van der Waals surface area (Å²) in [5.74, 6) is -0.0741. The highest BCUT2D eigenvalue weighted by Gasteiger charge is 2.18. The fourth-order valence-electron chi connectivity index (χ4n) is 1.67. The number of carbonyl (C=O) groups excluding carboxylic acids is 1. The monoisotopic (exact) mass is 279 g/mol. The van der Waals surface area contributed by atoms with E-state index in [0.29, 0.717) is 5.69 Å². The first-order valence-electron chi connectivity index (χ1n) is 6.11. The van der Waals surface area contributed by atoms with E-state index in [9.17, 15) is 9.90 Å². The number of amides is 1. The molecule has 3 N–H and O–H groups in total. The smallest absolute Gasteiger partial charge is 0.269 e. The van der Waals surface area contributed by atoms with Gasteiger partial charge in [-0.2, -0.15) is 16.4 Å². The van der Waals surface area contributed by atoms with Crippen molar-refractivity contribution in [1.82, 2.24) is 15.5 Å². The van der Waals surface area contributed by atoms with Gasteiger partial charge in [-0.05, 0) is 23.4 Å². The average molecular weight is 279 g/mol. The Hall–Kier alpha value is -1.66. The Bertz CT molecular complexity index is 534. The Kier molecular flexibility index (Phi) is 4.34. The zero-order valence-electron chi connectivity index (χ0n) is 10.9. The van der Waals surface area contributed by atoms with Crippen molar-refractivity contribution in [3.8, 4) is 11.3 Å². The number of nitrogens with one attached hydrogen (secondary N) is 2. The lowest BCUT2D eigenvalue weighted by Gasteiger charge is -2.19. The number of aliphatic hydroxyl groups excluding tert-OH is 1. The summed E-state index contributed by atoms with van der Waals surface area (Å²) in [7, 11) is 0. The van der Waals surface area contributed by atoms with Crippen molar-refractivity contribution in [1.29, 1.82) is 0 Å². The van der Waals surface area contributed by atoms with Gasteiger partial charge in [0.05, 0.1) is 18.3 Å². The summed E-state index contributed by atoms with van der Waals surface area (Å²) in [6.45, 7) is 3.82. The predicted molar refractivity (Wildman–Crippen MR) is 75.1 cm³/mol. The highest BCUT2D eigenvalue weighted by molar-refractivity contribution is 7.08. The molecule has 5 nitrogen and oxygen atoms in total. The van der Waals surface area contributed by atoms with Crippen LogP contribution in [0.25, 0.3) is 11.3 Å². The molecule has 1 atom stereocenters. The number of aliphatic hydroxyl groups is 1. The van der Waals surface area contributed by atoms with Crippen molar-refractivity contribution in [2.24, 2.45) is 5.92 Å². The van der Waals surface area contributed by atoms with Crippen molar-refractivity contribution >= 4 is 17.2 Å². The molecule has 1 amide bonds. The van der Waals surface area contributed by atoms with Gasteiger partial charge in [0.25, 0.3) is 5.91 Å². The standard InChI is InChI=1S/C13H17N3O2S/c1-8(2)12(6-17)14-13(18)11-5-10(15-16-11)9-3-4-19-7-9/h3-5,7-8,12,17H,6H2,1-2H3,(H,14,18)(H,15,16)/t12-/m0/s1. The van der Waals surface area contributed by atoms with Crippen LogP contribution in [-0.2, 0) is 0 Å². The van der Waals surface area contributed by atoms with E-state index in [1.165, 1.54) is 0 Å². The topological polar surface area (TPSA) is 78.0 Å². The number of hydrogen-bond donors (Lipinski definition) is 3. The molecule has 2 aromatic rings. The average Bonchev–Trinajstić information content (AvgIpc) is 3.04. The number of thiophene rings is 1. The summed E-state index contributed by atoms with van der Waals surface area (Å²) in [6, 6.07) is 3.42. The Morgan fingerprint density at radius 3 is 2.95 bits per heavy atom. The van der Waals surface area contributed by atoms with Gasteiger partial charge in [-0.25, -0.2) is 0 Å². The third kappa shape index (κ3) is 3.21. The van der Waals surface area contributed by atoms with Crippen molar-refractivity contribution in [2.45, 2.75) is 19.9 Å². The molecular weight excluding hydrogens is 262 g/mol. The van der Waals surface area contributed by atoms with Crippen LogP contribution in [0.2, 0.25) is 0 Å². The number of nitrogens with zero attached hydrogens (tertiary/aromatic N) is 1. The number of aromatic nitrogens is 2. The van der Waals surface area contributed by atoms with Crippen LogP contribution in [0.3, 0.4) is 0 Å². The molecule has 0 saturated heterocycles. The molecule has 2 rings (SSSR count). The van der Waals surface area contributed by atoms with Crippen LogP contribution in [-0.4, -0.2) is 33.9 Å². The van der Waals surface area contributed by atoms with Crippen molar-refractivity contribution in [2.75, 3.05) is 6.61 Å². The molecule has 102 valence electrons. The normalized spacial score (nSPS) is 12.6. The Morgan fingerprint density at radius 2 is 2.37 bits per heavy atom. The first kappa shape index (κ1) is 13.8. The van der Waals surface area contributed by atoms with Gasteiger partial charge in [-0.1, -0.05) is 13.8 Å². The second-order valence-corrected chi connectivity index (χ2v) is 5.47. The molecule has 0 unspecified atom stereocenters. The summed E-state index contributed by atoms with van der Waals surface area (Å²) < 4.78 is 0. The van der Waals surface area contributed by atoms with Gasteiger partial charge in [0.2, 0.25) is 0 Å². The van der Waals surface area contributed by atoms with Crippen molar-refractivity contribution in [3.63, 3.8) is 0 Å². The van der Waals surface area contributed by atoms with E-state index >= 15 is 0 Å². The minimum absolute atomic E-state index is 0.0745. The fourth-order valence-corrected chi connectivity index (χ4v) is 2.32. The zero-order valence-corrected chi connectivity index (χ0v) is 11.7. The molecule has 2 heterocycles. The van der Waals surface area contributed by atoms with E-state index in [2.05, 4.69) is 15.5 Å². The summed E-state index contributed by atoms with van der Waals surface area (Å²) >= 11 is 1.58. The van der Waals surface area contributed by atoms with Gasteiger partial charge in [0, 0.05) is 10.9 Å². The van der Waals surface area contributed by atoms with Gasteiger partial charge < -0.3 is 10.4 Å². The number of carbonyl (C=O) groups is 1. The maximum absolute atomic E-state index is 12.0. The predicted octanol–water partition coefficient (Wildman–Crippen LogP) is 1.88. The molecule has 0 spiro atoms. The van der Waals surface area contributed by atoms with Crippen LogP contribution < -0.4 is 5.32 Å². The zero-order chi connectivity index (χ0) is 13.8. The second kappa shape index (κ2) is 5.99. The van der Waals surface area contributed by atoms with E-state index in [4.69, 9.17) is 0 Å². The number of rotatable bonds is 5. The first-order valence-corrected chi connectivity index (χ1v) is 7.05. The lowest BCUT2D eigenvalue weighted by Crippen LogP contribution is -2.41. The van der Waals surface area contributed by atoms with Crippen LogP contribution in [0.1, 0.15) is 24.3 Å². The highest BCUT2D eigenvalue weighted by atomic mass is 32.1. The summed E-state index contributed by atoms with van der Waals surface area (Å²) in [6.07, 6.45) is 0. The number of aromatic amines is 1. The number of hydrogen-bond acceptors (Lipinski definition) is 4. The SMILES string of the molecule is CC(C)[C@H](CO)NC(=O)c1cc(-c2ccsc2)n[nH]1. The van der Waals surface area contributed by atoms with Crippen LogP contribution in [0.5, 0.6) is 0 Å². The fraction of sp³-hybridized carbons (Fsp3) is 0.385. The first-order chi connectivity index (χ1) is 9.11. The molecule has 2 aromatic heterocycles. The van der Waals surface area contributed by atoms with Gasteiger partial charge in [0.15, 0.2) is 0 Å². The molecule has 19 heavy (non-hydrogen) atoms. The van der Waals surface area contributed by atoms with Crippen LogP contribution in [0.15, 0.2) is 22.9 Å². The summed E-state index contributed by atoms with van der Waals surface area (Å²) in [5.41, 5.74) is 2.14. The number of H-pyrrole nitrogens is 1. The molecule has 0 fully saturated rings. The molecule has 0 aliphatic carbocycles. The van der Waals surface area contributed by atoms with Gasteiger partial charge in [0.1, 0.15) is 5.69 Å². The molecule has 0 bridgehead atoms. The van der Waals surface area contributed by atoms with Crippen LogP contribution in [0.4, 0.5) is 0 Å². The van der Waals surface area contributed by atoms with E-state index in [-0.39, 0.29) is 24.5 Å². The Morgan fingerprint density at radius 1 is 1.58 bits per heavy atom. The van der Waals surface area contributed by atoms with Crippen LogP contribution in [0, 0.1) is 5.92 Å². The lowest BCUT2D eigenvalue weighted by molar-refractivity contribution is 0.0892. The quantitative estimate of drug-likeness (QED) is 0.782. The lowest BCUT2D eigenvalue weighted by atomic mass is 10.1. The van der Waals surface area contributed by atoms with E-state index < -0.39 is 0 Å². The minimum Gasteiger partial charge on any atom is -0.394 e. The summed E-state index contributed by atoms with van der Waals surface area (Å²) in [5, 5.41) is 22.8. The molecule has 0 aromatic carbocycles. The Balaban J connectivity index is 2.08. The maximum Gasteiger partial charge on any atom is 0.269 e. The maximum atomic E-state index is 12.0. The molecule has 0 saturated carbocycles. The largest absolute Gasteiger partial charge is 0.394 e. The van der Waals surface area contributed by atoms with Gasteiger partial charge >= 0.3 is 0 Å². The van der Waals surface area contributed by atoms with E-state index in [1.807, 2.05) is 30.7 Å². The van der Waals surface area contributed by atoms with E-state index in [1.54, 1.807) is 17.4 Å². The second-order valence-electron chi connectivity index (χ2n) is 4.69. The van der Waals surface area contributed by atoms with Crippen LogP contribution >= 0.6 is 11.3 Å². The van der Waals surface area contributed by atoms with Crippen molar-refractivity contribution in [3.05, 3.63) is 28.6 Å².